The van der Waals surface area contributed by atoms with Crippen LogP contribution in [-0.4, -0.2) is 9.97 Å². The first-order valence-electron chi connectivity index (χ1n) is 6.20. The van der Waals surface area contributed by atoms with Crippen LogP contribution in [0.25, 0.3) is 0 Å². The number of nitrogens with one attached hydrogen (secondary N) is 1. The zero-order chi connectivity index (χ0) is 15.6. The lowest BCUT2D eigenvalue weighted by molar-refractivity contribution is -0.137. The normalized spacial score (nSPS) is 13.0. The average Bonchev–Trinajstić information content (AvgIpc) is 2.40. The van der Waals surface area contributed by atoms with Crippen molar-refractivity contribution in [3.63, 3.8) is 0 Å². The molecular formula is C14H13BrF3N3. The summed E-state index contributed by atoms with van der Waals surface area (Å²) in [6.45, 7) is 3.52. The summed E-state index contributed by atoms with van der Waals surface area (Å²) in [5, 5.41) is 2.86. The molecule has 0 spiro atoms. The lowest BCUT2D eigenvalue weighted by atomic mass is 10.1. The van der Waals surface area contributed by atoms with Crippen LogP contribution in [0.3, 0.4) is 0 Å². The zero-order valence-corrected chi connectivity index (χ0v) is 13.0. The molecule has 2 aromatic rings. The van der Waals surface area contributed by atoms with E-state index in [2.05, 4.69) is 31.2 Å². The van der Waals surface area contributed by atoms with Crippen LogP contribution in [0.15, 0.2) is 35.1 Å². The van der Waals surface area contributed by atoms with Crippen LogP contribution in [0, 0.1) is 6.92 Å². The van der Waals surface area contributed by atoms with Crippen molar-refractivity contribution in [3.8, 4) is 0 Å². The van der Waals surface area contributed by atoms with E-state index in [0.717, 1.165) is 6.07 Å². The fraction of sp³-hybridized carbons (Fsp3) is 0.286. The molecular weight excluding hydrogens is 347 g/mol. The third kappa shape index (κ3) is 3.72. The number of aromatic nitrogens is 2. The smallest absolute Gasteiger partial charge is 0.376 e. The highest BCUT2D eigenvalue weighted by molar-refractivity contribution is 9.10. The first-order chi connectivity index (χ1) is 9.79. The second-order valence-corrected chi connectivity index (χ2v) is 5.50. The first kappa shape index (κ1) is 15.8. The lowest BCUT2D eigenvalue weighted by Gasteiger charge is -2.20. The number of aryl methyl sites for hydroxylation is 1. The van der Waals surface area contributed by atoms with Crippen molar-refractivity contribution in [3.05, 3.63) is 52.0 Å². The predicted molar refractivity (Wildman–Crippen MR) is 78.0 cm³/mol. The van der Waals surface area contributed by atoms with Crippen molar-refractivity contribution in [2.24, 2.45) is 0 Å². The van der Waals surface area contributed by atoms with E-state index in [-0.39, 0.29) is 11.7 Å². The molecule has 0 bridgehead atoms. The van der Waals surface area contributed by atoms with E-state index < -0.39 is 11.7 Å². The minimum atomic E-state index is -4.43. The van der Waals surface area contributed by atoms with E-state index in [1.807, 2.05) is 0 Å². The van der Waals surface area contributed by atoms with Crippen LogP contribution in [-0.2, 0) is 6.18 Å². The Bertz CT molecular complexity index is 644. The highest BCUT2D eigenvalue weighted by atomic mass is 79.9. The van der Waals surface area contributed by atoms with Crippen molar-refractivity contribution in [2.75, 3.05) is 5.32 Å². The van der Waals surface area contributed by atoms with E-state index in [0.29, 0.717) is 15.9 Å². The van der Waals surface area contributed by atoms with Crippen molar-refractivity contribution in [2.45, 2.75) is 26.1 Å². The van der Waals surface area contributed by atoms with Crippen LogP contribution in [0.4, 0.5) is 18.9 Å². The van der Waals surface area contributed by atoms with Gasteiger partial charge in [0.25, 0.3) is 0 Å². The summed E-state index contributed by atoms with van der Waals surface area (Å²) in [6, 6.07) is 3.63. The molecule has 0 saturated heterocycles. The van der Waals surface area contributed by atoms with Gasteiger partial charge >= 0.3 is 6.18 Å². The second kappa shape index (κ2) is 6.01. The van der Waals surface area contributed by atoms with Gasteiger partial charge in [-0.05, 0) is 32.0 Å². The molecule has 3 nitrogen and oxygen atoms in total. The Kier molecular flexibility index (Phi) is 4.51. The Morgan fingerprint density at radius 1 is 1.19 bits per heavy atom. The monoisotopic (exact) mass is 359 g/mol. The van der Waals surface area contributed by atoms with Crippen molar-refractivity contribution in [1.29, 1.82) is 0 Å². The molecule has 0 aliphatic heterocycles. The molecule has 0 aliphatic rings. The Labute approximate surface area is 128 Å². The van der Waals surface area contributed by atoms with Gasteiger partial charge in [-0.3, -0.25) is 9.97 Å². The summed E-state index contributed by atoms with van der Waals surface area (Å²) in [5.74, 6) is 0. The molecule has 0 aliphatic carbocycles. The van der Waals surface area contributed by atoms with Crippen LogP contribution >= 0.6 is 15.9 Å². The minimum Gasteiger partial charge on any atom is -0.376 e. The summed E-state index contributed by atoms with van der Waals surface area (Å²) < 4.78 is 39.6. The zero-order valence-electron chi connectivity index (χ0n) is 11.4. The van der Waals surface area contributed by atoms with Crippen molar-refractivity contribution >= 4 is 21.6 Å². The molecule has 0 fully saturated rings. The molecule has 1 heterocycles. The van der Waals surface area contributed by atoms with Crippen LogP contribution in [0.2, 0.25) is 0 Å². The third-order valence-corrected chi connectivity index (χ3v) is 3.48. The van der Waals surface area contributed by atoms with Gasteiger partial charge in [0, 0.05) is 22.6 Å². The van der Waals surface area contributed by atoms with E-state index in [1.54, 1.807) is 26.1 Å². The quantitative estimate of drug-likeness (QED) is 0.859. The van der Waals surface area contributed by atoms with Crippen LogP contribution in [0.5, 0.6) is 0 Å². The van der Waals surface area contributed by atoms with Gasteiger partial charge in [-0.2, -0.15) is 13.2 Å². The van der Waals surface area contributed by atoms with E-state index in [4.69, 9.17) is 0 Å². The van der Waals surface area contributed by atoms with Gasteiger partial charge in [0.05, 0.1) is 23.0 Å². The SMILES string of the molecule is Cc1nccnc1C(C)Nc1ccc(Br)cc1C(F)(F)F. The summed E-state index contributed by atoms with van der Waals surface area (Å²) in [4.78, 5) is 8.26. The number of hydrogen-bond donors (Lipinski definition) is 1. The minimum absolute atomic E-state index is 0.0169. The Morgan fingerprint density at radius 3 is 2.48 bits per heavy atom. The van der Waals surface area contributed by atoms with Crippen molar-refractivity contribution < 1.29 is 13.2 Å². The molecule has 1 aromatic heterocycles. The summed E-state index contributed by atoms with van der Waals surface area (Å²) in [7, 11) is 0. The maximum Gasteiger partial charge on any atom is 0.418 e. The number of benzene rings is 1. The maximum absolute atomic E-state index is 13.1. The highest BCUT2D eigenvalue weighted by Gasteiger charge is 2.34. The van der Waals surface area contributed by atoms with Gasteiger partial charge in [-0.25, -0.2) is 0 Å². The van der Waals surface area contributed by atoms with Gasteiger partial charge in [0.1, 0.15) is 0 Å². The molecule has 1 unspecified atom stereocenters. The lowest BCUT2D eigenvalue weighted by Crippen LogP contribution is -2.15. The van der Waals surface area contributed by atoms with Crippen LogP contribution < -0.4 is 5.32 Å². The molecule has 0 amide bonds. The van der Waals surface area contributed by atoms with Gasteiger partial charge in [-0.15, -0.1) is 0 Å². The largest absolute Gasteiger partial charge is 0.418 e. The van der Waals surface area contributed by atoms with E-state index in [1.165, 1.54) is 12.3 Å². The molecule has 112 valence electrons. The molecule has 21 heavy (non-hydrogen) atoms. The molecule has 2 rings (SSSR count). The second-order valence-electron chi connectivity index (χ2n) is 4.58. The molecule has 1 N–H and O–H groups in total. The fourth-order valence-corrected chi connectivity index (χ4v) is 2.38. The molecule has 7 heteroatoms. The molecule has 1 atom stereocenters. The first-order valence-corrected chi connectivity index (χ1v) is 6.99. The number of alkyl halides is 3. The molecule has 1 aromatic carbocycles. The Hall–Kier alpha value is -1.63. The van der Waals surface area contributed by atoms with E-state index in [9.17, 15) is 13.2 Å². The van der Waals surface area contributed by atoms with Gasteiger partial charge < -0.3 is 5.32 Å². The Morgan fingerprint density at radius 2 is 1.86 bits per heavy atom. The average molecular weight is 360 g/mol. The van der Waals surface area contributed by atoms with Gasteiger partial charge in [0.15, 0.2) is 0 Å². The summed E-state index contributed by atoms with van der Waals surface area (Å²) in [6.07, 6.45) is -1.36. The summed E-state index contributed by atoms with van der Waals surface area (Å²) in [5.41, 5.74) is 0.602. The summed E-state index contributed by atoms with van der Waals surface area (Å²) >= 11 is 3.06. The number of rotatable bonds is 3. The number of nitrogens with zero attached hydrogens (tertiary/aromatic N) is 2. The third-order valence-electron chi connectivity index (χ3n) is 2.99. The van der Waals surface area contributed by atoms with Crippen LogP contribution in [0.1, 0.15) is 29.9 Å². The van der Waals surface area contributed by atoms with E-state index >= 15 is 0 Å². The number of halogens is 4. The molecule has 0 radical (unpaired) electrons. The highest BCUT2D eigenvalue weighted by Crippen LogP contribution is 2.37. The van der Waals surface area contributed by atoms with Crippen molar-refractivity contribution in [1.82, 2.24) is 9.97 Å². The van der Waals surface area contributed by atoms with Gasteiger partial charge in [-0.1, -0.05) is 15.9 Å². The standard InChI is InChI=1S/C14H13BrF3N3/c1-8-13(20-6-5-19-8)9(2)21-12-4-3-10(15)7-11(12)14(16,17)18/h3-7,9,21H,1-2H3. The Balaban J connectivity index is 2.34. The maximum atomic E-state index is 13.1. The fourth-order valence-electron chi connectivity index (χ4n) is 2.02. The predicted octanol–water partition coefficient (Wildman–Crippen LogP) is 4.74. The van der Waals surface area contributed by atoms with Gasteiger partial charge in [0.2, 0.25) is 0 Å². The molecule has 0 saturated carbocycles. The number of hydrogen-bond acceptors (Lipinski definition) is 3. The topological polar surface area (TPSA) is 37.8 Å². The number of anilines is 1.